The lowest BCUT2D eigenvalue weighted by Crippen LogP contribution is -2.39. The summed E-state index contributed by atoms with van der Waals surface area (Å²) in [6.45, 7) is 1.00. The highest BCUT2D eigenvalue weighted by molar-refractivity contribution is 6.57. The molecule has 20 heavy (non-hydrogen) atoms. The number of nitrogens with one attached hydrogen (secondary N) is 1. The molecule has 1 saturated heterocycles. The number of ketones is 1. The van der Waals surface area contributed by atoms with Gasteiger partial charge in [0.05, 0.1) is 5.57 Å². The molecule has 2 rings (SSSR count). The topological polar surface area (TPSA) is 104 Å². The van der Waals surface area contributed by atoms with Gasteiger partial charge >= 0.3 is 5.97 Å². The Labute approximate surface area is 115 Å². The van der Waals surface area contributed by atoms with Crippen molar-refractivity contribution in [2.24, 2.45) is 0 Å². The van der Waals surface area contributed by atoms with Gasteiger partial charge in [0.2, 0.25) is 0 Å². The minimum atomic E-state index is -1.12. The van der Waals surface area contributed by atoms with Crippen LogP contribution in [0.2, 0.25) is 0 Å². The number of rotatable bonds is 6. The molecule has 108 valence electrons. The molecule has 2 atom stereocenters. The van der Waals surface area contributed by atoms with Crippen LogP contribution in [0.3, 0.4) is 0 Å². The third-order valence-electron chi connectivity index (χ3n) is 3.75. The Kier molecular flexibility index (Phi) is 4.29. The fourth-order valence-electron chi connectivity index (χ4n) is 2.88. The van der Waals surface area contributed by atoms with E-state index in [1.807, 2.05) is 0 Å². The van der Waals surface area contributed by atoms with Crippen molar-refractivity contribution in [2.45, 2.75) is 31.3 Å². The van der Waals surface area contributed by atoms with Crippen molar-refractivity contribution >= 4 is 23.9 Å². The van der Waals surface area contributed by atoms with E-state index in [9.17, 15) is 24.3 Å². The van der Waals surface area contributed by atoms with Crippen LogP contribution in [0.5, 0.6) is 0 Å². The smallest absolute Gasteiger partial charge is 0.332 e. The average molecular weight is 280 g/mol. The number of hydrogen-bond acceptors (Lipinski definition) is 5. The molecule has 7 heteroatoms. The Hall–Kier alpha value is -2.02. The molecule has 0 aliphatic carbocycles. The van der Waals surface area contributed by atoms with Gasteiger partial charge in [0.15, 0.2) is 6.29 Å². The van der Waals surface area contributed by atoms with Crippen LogP contribution >= 0.6 is 0 Å². The van der Waals surface area contributed by atoms with Gasteiger partial charge in [0, 0.05) is 18.6 Å². The minimum absolute atomic E-state index is 0.0377. The zero-order valence-electron chi connectivity index (χ0n) is 10.9. The SMILES string of the molecule is O=CC(=O)C(=O)NCCC1C(C(=O)O)=CC2CCCN21. The highest BCUT2D eigenvalue weighted by Gasteiger charge is 2.39. The summed E-state index contributed by atoms with van der Waals surface area (Å²) < 4.78 is 0. The van der Waals surface area contributed by atoms with Gasteiger partial charge in [0.1, 0.15) is 0 Å². The number of carboxylic acid groups (broad SMARTS) is 1. The highest BCUT2D eigenvalue weighted by Crippen LogP contribution is 2.33. The van der Waals surface area contributed by atoms with Crippen LogP contribution in [-0.4, -0.2) is 59.1 Å². The van der Waals surface area contributed by atoms with Gasteiger partial charge in [-0.25, -0.2) is 4.79 Å². The van der Waals surface area contributed by atoms with Crippen LogP contribution in [-0.2, 0) is 19.2 Å². The van der Waals surface area contributed by atoms with E-state index in [-0.39, 0.29) is 24.9 Å². The first-order valence-corrected chi connectivity index (χ1v) is 6.52. The molecule has 7 nitrogen and oxygen atoms in total. The first kappa shape index (κ1) is 14.4. The molecule has 2 aliphatic rings. The Balaban J connectivity index is 1.92. The van der Waals surface area contributed by atoms with E-state index in [0.717, 1.165) is 19.4 Å². The number of hydrogen-bond donors (Lipinski definition) is 2. The number of carbonyl (C=O) groups is 4. The first-order valence-electron chi connectivity index (χ1n) is 6.52. The standard InChI is InChI=1S/C13H16N2O5/c16-7-11(17)12(18)14-4-3-10-9(13(19)20)6-8-2-1-5-15(8)10/h6-8,10H,1-5H2,(H,14,18)(H,19,20). The highest BCUT2D eigenvalue weighted by atomic mass is 16.4. The van der Waals surface area contributed by atoms with E-state index in [4.69, 9.17) is 0 Å². The monoisotopic (exact) mass is 280 g/mol. The molecule has 2 aliphatic heterocycles. The maximum absolute atomic E-state index is 11.2. The first-order chi connectivity index (χ1) is 9.54. The van der Waals surface area contributed by atoms with Crippen LogP contribution in [0.25, 0.3) is 0 Å². The van der Waals surface area contributed by atoms with Gasteiger partial charge in [-0.2, -0.15) is 0 Å². The maximum atomic E-state index is 11.2. The molecule has 0 spiro atoms. The largest absolute Gasteiger partial charge is 0.478 e. The third-order valence-corrected chi connectivity index (χ3v) is 3.75. The molecule has 0 aromatic carbocycles. The van der Waals surface area contributed by atoms with Crippen molar-refractivity contribution in [3.8, 4) is 0 Å². The van der Waals surface area contributed by atoms with Gasteiger partial charge in [-0.1, -0.05) is 6.08 Å². The zero-order chi connectivity index (χ0) is 14.7. The van der Waals surface area contributed by atoms with Crippen molar-refractivity contribution in [2.75, 3.05) is 13.1 Å². The summed E-state index contributed by atoms with van der Waals surface area (Å²) in [4.78, 5) is 45.4. The van der Waals surface area contributed by atoms with E-state index in [1.54, 1.807) is 6.08 Å². The lowest BCUT2D eigenvalue weighted by Gasteiger charge is -2.25. The number of amides is 1. The van der Waals surface area contributed by atoms with E-state index in [1.165, 1.54) is 0 Å². The van der Waals surface area contributed by atoms with Crippen LogP contribution in [0, 0.1) is 0 Å². The second-order valence-electron chi connectivity index (χ2n) is 4.92. The van der Waals surface area contributed by atoms with Gasteiger partial charge in [0.25, 0.3) is 11.7 Å². The Morgan fingerprint density at radius 3 is 2.85 bits per heavy atom. The summed E-state index contributed by atoms with van der Waals surface area (Å²) in [6, 6.07) is -0.0787. The maximum Gasteiger partial charge on any atom is 0.332 e. The second kappa shape index (κ2) is 5.96. The number of carbonyl (C=O) groups excluding carboxylic acids is 3. The number of carboxylic acids is 1. The molecule has 0 bridgehead atoms. The number of aldehydes is 1. The van der Waals surface area contributed by atoms with Crippen LogP contribution in [0.4, 0.5) is 0 Å². The molecule has 0 radical (unpaired) electrons. The summed E-state index contributed by atoms with van der Waals surface area (Å²) in [7, 11) is 0. The Morgan fingerprint density at radius 1 is 1.45 bits per heavy atom. The number of nitrogens with zero attached hydrogens (tertiary/aromatic N) is 1. The predicted octanol–water partition coefficient (Wildman–Crippen LogP) is -0.882. The summed E-state index contributed by atoms with van der Waals surface area (Å²) in [5.41, 5.74) is 0.352. The van der Waals surface area contributed by atoms with Crippen LogP contribution in [0.15, 0.2) is 11.6 Å². The molecule has 2 unspecified atom stereocenters. The molecular formula is C13H16N2O5. The Morgan fingerprint density at radius 2 is 2.20 bits per heavy atom. The molecule has 0 aromatic heterocycles. The van der Waals surface area contributed by atoms with Crippen molar-refractivity contribution in [1.82, 2.24) is 10.2 Å². The lowest BCUT2D eigenvalue weighted by molar-refractivity contribution is -0.141. The van der Waals surface area contributed by atoms with E-state index in [2.05, 4.69) is 10.2 Å². The van der Waals surface area contributed by atoms with E-state index < -0.39 is 17.7 Å². The molecule has 0 saturated carbocycles. The molecule has 0 aromatic rings. The number of fused-ring (bicyclic) bond motifs is 1. The van der Waals surface area contributed by atoms with Gasteiger partial charge in [-0.05, 0) is 25.8 Å². The van der Waals surface area contributed by atoms with Crippen LogP contribution < -0.4 is 5.32 Å². The molecule has 1 fully saturated rings. The van der Waals surface area contributed by atoms with Crippen LogP contribution in [0.1, 0.15) is 19.3 Å². The van der Waals surface area contributed by atoms with Crippen molar-refractivity contribution in [1.29, 1.82) is 0 Å². The number of aliphatic carboxylic acids is 1. The third kappa shape index (κ3) is 2.77. The fraction of sp³-hybridized carbons (Fsp3) is 0.538. The Bertz CT molecular complexity index is 485. The summed E-state index contributed by atoms with van der Waals surface area (Å²) in [6.07, 6.45) is 4.12. The molecular weight excluding hydrogens is 264 g/mol. The quantitative estimate of drug-likeness (QED) is 0.372. The van der Waals surface area contributed by atoms with E-state index >= 15 is 0 Å². The summed E-state index contributed by atoms with van der Waals surface area (Å²) in [5.74, 6) is -3.01. The number of Topliss-reactive ketones (excluding diaryl/α,β-unsaturated/α-hetero) is 1. The van der Waals surface area contributed by atoms with Gasteiger partial charge < -0.3 is 10.4 Å². The van der Waals surface area contributed by atoms with E-state index in [0.29, 0.717) is 12.0 Å². The lowest BCUT2D eigenvalue weighted by atomic mass is 10.0. The van der Waals surface area contributed by atoms with Crippen molar-refractivity contribution < 1.29 is 24.3 Å². The fourth-order valence-corrected chi connectivity index (χ4v) is 2.88. The van der Waals surface area contributed by atoms with Crippen molar-refractivity contribution in [3.63, 3.8) is 0 Å². The molecule has 1 amide bonds. The predicted molar refractivity (Wildman–Crippen MR) is 67.9 cm³/mol. The van der Waals surface area contributed by atoms with Gasteiger partial charge in [-0.15, -0.1) is 0 Å². The second-order valence-corrected chi connectivity index (χ2v) is 4.92. The average Bonchev–Trinajstić information content (AvgIpc) is 2.99. The summed E-state index contributed by atoms with van der Waals surface area (Å²) >= 11 is 0. The zero-order valence-corrected chi connectivity index (χ0v) is 10.9. The van der Waals surface area contributed by atoms with Gasteiger partial charge in [-0.3, -0.25) is 19.3 Å². The normalized spacial score (nSPS) is 24.9. The van der Waals surface area contributed by atoms with Crippen molar-refractivity contribution in [3.05, 3.63) is 11.6 Å². The molecule has 2 N–H and O–H groups in total. The minimum Gasteiger partial charge on any atom is -0.478 e. The summed E-state index contributed by atoms with van der Waals surface area (Å²) in [5, 5.41) is 11.5. The molecule has 2 heterocycles.